The van der Waals surface area contributed by atoms with E-state index in [4.69, 9.17) is 5.11 Å². The average molecular weight is 321 g/mol. The van der Waals surface area contributed by atoms with Gasteiger partial charge in [0, 0.05) is 12.1 Å². The van der Waals surface area contributed by atoms with Gasteiger partial charge in [0.25, 0.3) is 15.7 Å². The lowest BCUT2D eigenvalue weighted by Gasteiger charge is -2.02. The van der Waals surface area contributed by atoms with Crippen molar-refractivity contribution in [2.75, 3.05) is 0 Å². The highest BCUT2D eigenvalue weighted by atomic mass is 32.2. The minimum Gasteiger partial charge on any atom is -0.508 e. The number of non-ortho nitro benzene ring substituents is 1. The highest BCUT2D eigenvalue weighted by Gasteiger charge is 2.14. The van der Waals surface area contributed by atoms with E-state index in [1.54, 1.807) is 12.1 Å². The van der Waals surface area contributed by atoms with E-state index >= 15 is 0 Å². The highest BCUT2D eigenvalue weighted by Crippen LogP contribution is 2.15. The first-order valence-electron chi connectivity index (χ1n) is 5.97. The number of phenolic OH excluding ortho intramolecular Hbond substituents is 1. The zero-order valence-electron chi connectivity index (χ0n) is 11.1. The van der Waals surface area contributed by atoms with Crippen molar-refractivity contribution in [2.45, 2.75) is 4.90 Å². The molecule has 114 valence electrons. The van der Waals surface area contributed by atoms with E-state index in [1.807, 2.05) is 4.83 Å². The Bertz CT molecular complexity index is 799. The fourth-order valence-corrected chi connectivity index (χ4v) is 2.32. The average Bonchev–Trinajstić information content (AvgIpc) is 2.49. The molecule has 0 radical (unpaired) electrons. The minimum absolute atomic E-state index is 0.0867. The summed E-state index contributed by atoms with van der Waals surface area (Å²) < 4.78 is 23.8. The van der Waals surface area contributed by atoms with E-state index in [2.05, 4.69) is 5.10 Å². The monoisotopic (exact) mass is 321 g/mol. The summed E-state index contributed by atoms with van der Waals surface area (Å²) in [5, 5.41) is 23.2. The summed E-state index contributed by atoms with van der Waals surface area (Å²) >= 11 is 0. The van der Waals surface area contributed by atoms with E-state index in [0.29, 0.717) is 5.56 Å². The molecular formula is C13H11N3O5S. The van der Waals surface area contributed by atoms with Gasteiger partial charge in [0.05, 0.1) is 16.0 Å². The first-order chi connectivity index (χ1) is 10.4. The molecule has 0 unspecified atom stereocenters. The van der Waals surface area contributed by atoms with Crippen LogP contribution in [-0.2, 0) is 10.0 Å². The fourth-order valence-electron chi connectivity index (χ4n) is 1.53. The molecule has 2 N–H and O–H groups in total. The quantitative estimate of drug-likeness (QED) is 0.492. The number of nitro benzene ring substituents is 1. The van der Waals surface area contributed by atoms with Crippen LogP contribution in [0, 0.1) is 10.1 Å². The van der Waals surface area contributed by atoms with Crippen LogP contribution in [0.1, 0.15) is 5.56 Å². The number of hydrogen-bond acceptors (Lipinski definition) is 6. The van der Waals surface area contributed by atoms with Crippen LogP contribution < -0.4 is 4.83 Å². The van der Waals surface area contributed by atoms with Crippen molar-refractivity contribution in [1.82, 2.24) is 4.83 Å². The largest absolute Gasteiger partial charge is 0.508 e. The molecule has 0 amide bonds. The lowest BCUT2D eigenvalue weighted by molar-refractivity contribution is -0.384. The molecule has 0 aromatic heterocycles. The number of rotatable bonds is 5. The van der Waals surface area contributed by atoms with Crippen molar-refractivity contribution >= 4 is 21.9 Å². The molecule has 0 saturated heterocycles. The molecule has 0 saturated carbocycles. The van der Waals surface area contributed by atoms with Gasteiger partial charge >= 0.3 is 0 Å². The van der Waals surface area contributed by atoms with Crippen LogP contribution in [0.2, 0.25) is 0 Å². The lowest BCUT2D eigenvalue weighted by Crippen LogP contribution is -2.18. The number of phenols is 1. The van der Waals surface area contributed by atoms with Crippen molar-refractivity contribution in [3.05, 3.63) is 64.2 Å². The second kappa shape index (κ2) is 6.22. The molecule has 8 nitrogen and oxygen atoms in total. The number of nitrogens with one attached hydrogen (secondary N) is 1. The highest BCUT2D eigenvalue weighted by molar-refractivity contribution is 7.89. The van der Waals surface area contributed by atoms with Crippen LogP contribution in [0.25, 0.3) is 0 Å². The van der Waals surface area contributed by atoms with Crippen LogP contribution in [0.4, 0.5) is 5.69 Å². The number of aromatic hydroxyl groups is 1. The van der Waals surface area contributed by atoms with Gasteiger partial charge in [-0.1, -0.05) is 0 Å². The number of nitro groups is 1. The number of sulfonamides is 1. The standard InChI is InChI=1S/C13H11N3O5S/c17-12-5-1-10(2-6-12)9-14-15-22(20,21)13-7-3-11(4-8-13)16(18)19/h1-9,15,17H/b14-9+. The van der Waals surface area contributed by atoms with Crippen LogP contribution in [-0.4, -0.2) is 24.7 Å². The van der Waals surface area contributed by atoms with Crippen molar-refractivity contribution in [2.24, 2.45) is 5.10 Å². The van der Waals surface area contributed by atoms with Gasteiger partial charge in [0.2, 0.25) is 0 Å². The van der Waals surface area contributed by atoms with Crippen LogP contribution >= 0.6 is 0 Å². The summed E-state index contributed by atoms with van der Waals surface area (Å²) in [6, 6.07) is 10.4. The van der Waals surface area contributed by atoms with Gasteiger partial charge in [0.15, 0.2) is 0 Å². The van der Waals surface area contributed by atoms with Gasteiger partial charge in [-0.3, -0.25) is 10.1 Å². The van der Waals surface area contributed by atoms with Crippen LogP contribution in [0.3, 0.4) is 0 Å². The van der Waals surface area contributed by atoms with Crippen molar-refractivity contribution in [3.63, 3.8) is 0 Å². The third kappa shape index (κ3) is 3.79. The van der Waals surface area contributed by atoms with Gasteiger partial charge in [-0.2, -0.15) is 13.5 Å². The molecule has 0 heterocycles. The van der Waals surface area contributed by atoms with Gasteiger partial charge in [-0.15, -0.1) is 0 Å². The number of nitrogens with zero attached hydrogens (tertiary/aromatic N) is 2. The van der Waals surface area contributed by atoms with Crippen molar-refractivity contribution < 1.29 is 18.4 Å². The van der Waals surface area contributed by atoms with Gasteiger partial charge in [-0.05, 0) is 42.0 Å². The van der Waals surface area contributed by atoms with E-state index in [-0.39, 0.29) is 16.3 Å². The van der Waals surface area contributed by atoms with E-state index in [9.17, 15) is 18.5 Å². The molecule has 0 spiro atoms. The molecule has 0 aliphatic carbocycles. The van der Waals surface area contributed by atoms with Crippen molar-refractivity contribution in [3.8, 4) is 5.75 Å². The Labute approximate surface area is 125 Å². The van der Waals surface area contributed by atoms with E-state index < -0.39 is 14.9 Å². The lowest BCUT2D eigenvalue weighted by atomic mass is 10.2. The summed E-state index contributed by atoms with van der Waals surface area (Å²) in [5.41, 5.74) is 0.385. The zero-order chi connectivity index (χ0) is 16.2. The molecular weight excluding hydrogens is 310 g/mol. The Morgan fingerprint density at radius 1 is 1.09 bits per heavy atom. The SMILES string of the molecule is O=[N+]([O-])c1ccc(S(=O)(=O)N/N=C/c2ccc(O)cc2)cc1. The minimum atomic E-state index is -3.90. The molecule has 0 bridgehead atoms. The summed E-state index contributed by atoms with van der Waals surface area (Å²) in [5.74, 6) is 0.0867. The molecule has 0 fully saturated rings. The number of hydrogen-bond donors (Lipinski definition) is 2. The van der Waals surface area contributed by atoms with Crippen molar-refractivity contribution in [1.29, 1.82) is 0 Å². The molecule has 2 aromatic carbocycles. The first kappa shape index (κ1) is 15.4. The third-order valence-corrected chi connectivity index (χ3v) is 3.88. The second-order valence-corrected chi connectivity index (χ2v) is 5.86. The van der Waals surface area contributed by atoms with Gasteiger partial charge in [0.1, 0.15) is 5.75 Å². The predicted octanol–water partition coefficient (Wildman–Crippen LogP) is 1.61. The Morgan fingerprint density at radius 3 is 2.23 bits per heavy atom. The van der Waals surface area contributed by atoms with Gasteiger partial charge in [-0.25, -0.2) is 4.83 Å². The van der Waals surface area contributed by atoms with Crippen LogP contribution in [0.5, 0.6) is 5.75 Å². The Hall–Kier alpha value is -2.94. The summed E-state index contributed by atoms with van der Waals surface area (Å²) in [4.78, 5) is 11.8. The molecule has 2 aromatic rings. The third-order valence-electron chi connectivity index (χ3n) is 2.64. The van der Waals surface area contributed by atoms with E-state index in [0.717, 1.165) is 24.3 Å². The zero-order valence-corrected chi connectivity index (χ0v) is 11.9. The summed E-state index contributed by atoms with van der Waals surface area (Å²) in [6.45, 7) is 0. The first-order valence-corrected chi connectivity index (χ1v) is 7.45. The maximum absolute atomic E-state index is 11.9. The second-order valence-electron chi connectivity index (χ2n) is 4.20. The molecule has 2 rings (SSSR count). The maximum Gasteiger partial charge on any atom is 0.276 e. The van der Waals surface area contributed by atoms with E-state index in [1.165, 1.54) is 18.3 Å². The molecule has 0 aliphatic rings. The Morgan fingerprint density at radius 2 is 1.68 bits per heavy atom. The fraction of sp³-hybridized carbons (Fsp3) is 0. The maximum atomic E-state index is 11.9. The summed E-state index contributed by atoms with van der Waals surface area (Å²) in [7, 11) is -3.90. The molecule has 9 heteroatoms. The topological polar surface area (TPSA) is 122 Å². The predicted molar refractivity (Wildman–Crippen MR) is 79.1 cm³/mol. The molecule has 0 atom stereocenters. The van der Waals surface area contributed by atoms with Crippen LogP contribution in [0.15, 0.2) is 58.5 Å². The molecule has 0 aliphatic heterocycles. The smallest absolute Gasteiger partial charge is 0.276 e. The number of benzene rings is 2. The molecule has 22 heavy (non-hydrogen) atoms. The Balaban J connectivity index is 2.10. The summed E-state index contributed by atoms with van der Waals surface area (Å²) in [6.07, 6.45) is 1.27. The van der Waals surface area contributed by atoms with Gasteiger partial charge < -0.3 is 5.11 Å². The number of hydrazone groups is 1. The Kier molecular flexibility index (Phi) is 4.37. The normalized spacial score (nSPS) is 11.5.